The molecule has 0 aliphatic rings. The minimum atomic E-state index is -4.54. The average Bonchev–Trinajstić information content (AvgIpc) is 2.56. The molecule has 0 fully saturated rings. The standard InChI is InChI=1S/C19H18BrClF3NO2/c1-11(2)7-8-27-17-6-4-13(20)10-14(17)18(26)25-16-9-12(19(22,23)24)3-5-15(16)21/h3-6,9-11H,7-8H2,1-2H3,(H,25,26). The number of carbonyl (C=O) groups excluding carboxylic acids is 1. The molecule has 27 heavy (non-hydrogen) atoms. The van der Waals surface area contributed by atoms with E-state index in [0.717, 1.165) is 24.6 Å². The lowest BCUT2D eigenvalue weighted by atomic mass is 10.1. The van der Waals surface area contributed by atoms with Crippen LogP contribution in [0.4, 0.5) is 18.9 Å². The molecule has 0 atom stereocenters. The zero-order valence-corrected chi connectivity index (χ0v) is 17.0. The van der Waals surface area contributed by atoms with Crippen LogP contribution in [0.2, 0.25) is 5.02 Å². The fourth-order valence-corrected chi connectivity index (χ4v) is 2.72. The van der Waals surface area contributed by atoms with Gasteiger partial charge in [0.05, 0.1) is 28.4 Å². The number of halogens is 5. The van der Waals surface area contributed by atoms with Gasteiger partial charge in [0.15, 0.2) is 0 Å². The molecule has 0 aliphatic carbocycles. The number of benzene rings is 2. The van der Waals surface area contributed by atoms with E-state index in [9.17, 15) is 18.0 Å². The van der Waals surface area contributed by atoms with Gasteiger partial charge < -0.3 is 10.1 Å². The van der Waals surface area contributed by atoms with Gasteiger partial charge in [-0.3, -0.25) is 4.79 Å². The number of ether oxygens (including phenoxy) is 1. The Bertz CT molecular complexity index is 825. The van der Waals surface area contributed by atoms with Crippen molar-refractivity contribution >= 4 is 39.1 Å². The monoisotopic (exact) mass is 463 g/mol. The molecule has 1 N–H and O–H groups in total. The Morgan fingerprint density at radius 2 is 1.93 bits per heavy atom. The van der Waals surface area contributed by atoms with Crippen molar-refractivity contribution in [3.8, 4) is 5.75 Å². The zero-order chi connectivity index (χ0) is 20.2. The largest absolute Gasteiger partial charge is 0.493 e. The third-order valence-electron chi connectivity index (χ3n) is 3.68. The molecular weight excluding hydrogens is 447 g/mol. The van der Waals surface area contributed by atoms with Gasteiger partial charge in [0.1, 0.15) is 5.75 Å². The quantitative estimate of drug-likeness (QED) is 0.510. The van der Waals surface area contributed by atoms with Gasteiger partial charge in [0.25, 0.3) is 5.91 Å². The molecule has 2 aromatic carbocycles. The van der Waals surface area contributed by atoms with Gasteiger partial charge in [0, 0.05) is 4.47 Å². The van der Waals surface area contributed by atoms with E-state index in [0.29, 0.717) is 22.7 Å². The minimum Gasteiger partial charge on any atom is -0.493 e. The molecule has 8 heteroatoms. The molecular formula is C19H18BrClF3NO2. The predicted octanol–water partition coefficient (Wildman–Crippen LogP) is 6.80. The van der Waals surface area contributed by atoms with Crippen LogP contribution in [-0.4, -0.2) is 12.5 Å². The Morgan fingerprint density at radius 1 is 1.22 bits per heavy atom. The van der Waals surface area contributed by atoms with Crippen LogP contribution in [0, 0.1) is 5.92 Å². The summed E-state index contributed by atoms with van der Waals surface area (Å²) in [4.78, 5) is 12.6. The molecule has 146 valence electrons. The molecule has 0 saturated heterocycles. The van der Waals surface area contributed by atoms with Crippen LogP contribution >= 0.6 is 27.5 Å². The Hall–Kier alpha value is -1.73. The Kier molecular flexibility index (Phi) is 7.17. The van der Waals surface area contributed by atoms with Crippen LogP contribution in [0.25, 0.3) is 0 Å². The van der Waals surface area contributed by atoms with Crippen molar-refractivity contribution < 1.29 is 22.7 Å². The highest BCUT2D eigenvalue weighted by Gasteiger charge is 2.31. The molecule has 1 amide bonds. The summed E-state index contributed by atoms with van der Waals surface area (Å²) in [6.07, 6.45) is -3.73. The van der Waals surface area contributed by atoms with Crippen LogP contribution in [0.5, 0.6) is 5.75 Å². The topological polar surface area (TPSA) is 38.3 Å². The van der Waals surface area contributed by atoms with E-state index < -0.39 is 17.6 Å². The number of alkyl halides is 3. The summed E-state index contributed by atoms with van der Waals surface area (Å²) < 4.78 is 45.0. The molecule has 0 aromatic heterocycles. The summed E-state index contributed by atoms with van der Waals surface area (Å²) in [5.74, 6) is 0.165. The first-order chi connectivity index (χ1) is 12.6. The number of amides is 1. The molecule has 0 radical (unpaired) electrons. The molecule has 0 unspecified atom stereocenters. The lowest BCUT2D eigenvalue weighted by Gasteiger charge is -2.15. The number of hydrogen-bond donors (Lipinski definition) is 1. The van der Waals surface area contributed by atoms with Crippen molar-refractivity contribution in [1.29, 1.82) is 0 Å². The van der Waals surface area contributed by atoms with Gasteiger partial charge in [-0.05, 0) is 48.7 Å². The summed E-state index contributed by atoms with van der Waals surface area (Å²) >= 11 is 9.23. The SMILES string of the molecule is CC(C)CCOc1ccc(Br)cc1C(=O)Nc1cc(C(F)(F)F)ccc1Cl. The zero-order valence-electron chi connectivity index (χ0n) is 14.7. The van der Waals surface area contributed by atoms with E-state index >= 15 is 0 Å². The van der Waals surface area contributed by atoms with E-state index in [-0.39, 0.29) is 16.3 Å². The maximum atomic E-state index is 12.9. The van der Waals surface area contributed by atoms with Crippen LogP contribution in [0.3, 0.4) is 0 Å². The molecule has 0 spiro atoms. The Morgan fingerprint density at radius 3 is 2.56 bits per heavy atom. The predicted molar refractivity (Wildman–Crippen MR) is 103 cm³/mol. The molecule has 0 saturated carbocycles. The highest BCUT2D eigenvalue weighted by molar-refractivity contribution is 9.10. The Balaban J connectivity index is 2.26. The van der Waals surface area contributed by atoms with Crippen molar-refractivity contribution in [2.24, 2.45) is 5.92 Å². The van der Waals surface area contributed by atoms with Crippen LogP contribution < -0.4 is 10.1 Å². The van der Waals surface area contributed by atoms with E-state index in [1.54, 1.807) is 18.2 Å². The first-order valence-corrected chi connectivity index (χ1v) is 9.35. The second-order valence-corrected chi connectivity index (χ2v) is 7.64. The maximum absolute atomic E-state index is 12.9. The highest BCUT2D eigenvalue weighted by Crippen LogP contribution is 2.34. The fourth-order valence-electron chi connectivity index (χ4n) is 2.20. The molecule has 3 nitrogen and oxygen atoms in total. The number of rotatable bonds is 6. The molecule has 0 aliphatic heterocycles. The van der Waals surface area contributed by atoms with E-state index in [4.69, 9.17) is 16.3 Å². The summed E-state index contributed by atoms with van der Waals surface area (Å²) in [6.45, 7) is 4.52. The summed E-state index contributed by atoms with van der Waals surface area (Å²) in [5.41, 5.74) is -0.823. The molecule has 0 bridgehead atoms. The normalized spacial score (nSPS) is 11.6. The molecule has 0 heterocycles. The molecule has 2 rings (SSSR count). The van der Waals surface area contributed by atoms with Gasteiger partial charge in [0.2, 0.25) is 0 Å². The minimum absolute atomic E-state index is 0.00798. The maximum Gasteiger partial charge on any atom is 0.416 e. The van der Waals surface area contributed by atoms with Gasteiger partial charge in [-0.1, -0.05) is 41.4 Å². The smallest absolute Gasteiger partial charge is 0.416 e. The van der Waals surface area contributed by atoms with E-state index in [2.05, 4.69) is 21.2 Å². The van der Waals surface area contributed by atoms with Gasteiger partial charge in [-0.25, -0.2) is 0 Å². The van der Waals surface area contributed by atoms with Crippen molar-refractivity contribution in [2.75, 3.05) is 11.9 Å². The van der Waals surface area contributed by atoms with Crippen molar-refractivity contribution in [3.05, 3.63) is 57.0 Å². The van der Waals surface area contributed by atoms with Gasteiger partial charge in [-0.15, -0.1) is 0 Å². The van der Waals surface area contributed by atoms with Gasteiger partial charge >= 0.3 is 6.18 Å². The fraction of sp³-hybridized carbons (Fsp3) is 0.316. The number of hydrogen-bond acceptors (Lipinski definition) is 2. The number of carbonyl (C=O) groups is 1. The van der Waals surface area contributed by atoms with Crippen molar-refractivity contribution in [2.45, 2.75) is 26.4 Å². The lowest BCUT2D eigenvalue weighted by molar-refractivity contribution is -0.137. The molecule has 2 aromatic rings. The number of nitrogens with one attached hydrogen (secondary N) is 1. The lowest BCUT2D eigenvalue weighted by Crippen LogP contribution is -2.15. The number of anilines is 1. The highest BCUT2D eigenvalue weighted by atomic mass is 79.9. The second kappa shape index (κ2) is 8.97. The van der Waals surface area contributed by atoms with E-state index in [1.807, 2.05) is 13.8 Å². The van der Waals surface area contributed by atoms with Crippen LogP contribution in [-0.2, 0) is 6.18 Å². The average molecular weight is 465 g/mol. The third-order valence-corrected chi connectivity index (χ3v) is 4.50. The summed E-state index contributed by atoms with van der Waals surface area (Å²) in [5, 5.41) is 2.44. The first-order valence-electron chi connectivity index (χ1n) is 8.18. The second-order valence-electron chi connectivity index (χ2n) is 6.32. The summed E-state index contributed by atoms with van der Waals surface area (Å²) in [7, 11) is 0. The summed E-state index contributed by atoms with van der Waals surface area (Å²) in [6, 6.07) is 7.66. The van der Waals surface area contributed by atoms with E-state index in [1.165, 1.54) is 0 Å². The van der Waals surface area contributed by atoms with Crippen molar-refractivity contribution in [1.82, 2.24) is 0 Å². The van der Waals surface area contributed by atoms with Crippen molar-refractivity contribution in [3.63, 3.8) is 0 Å². The van der Waals surface area contributed by atoms with Crippen LogP contribution in [0.15, 0.2) is 40.9 Å². The Labute approximate surface area is 169 Å². The first kappa shape index (κ1) is 21.6. The van der Waals surface area contributed by atoms with Crippen LogP contribution in [0.1, 0.15) is 36.2 Å². The third kappa shape index (κ3) is 6.14. The van der Waals surface area contributed by atoms with Gasteiger partial charge in [-0.2, -0.15) is 13.2 Å².